The zero-order valence-electron chi connectivity index (χ0n) is 11.7. The number of rotatable bonds is 9. The van der Waals surface area contributed by atoms with Crippen molar-refractivity contribution in [3.63, 3.8) is 0 Å². The van der Waals surface area contributed by atoms with Crippen molar-refractivity contribution in [3.8, 4) is 0 Å². The van der Waals surface area contributed by atoms with E-state index in [2.05, 4.69) is 27.5 Å². The third-order valence-corrected chi connectivity index (χ3v) is 2.77. The molecule has 1 rings (SSSR count). The average Bonchev–Trinajstić information content (AvgIpc) is 2.38. The molecular weight excluding hydrogens is 242 g/mol. The summed E-state index contributed by atoms with van der Waals surface area (Å²) in [7, 11) is 0. The van der Waals surface area contributed by atoms with Crippen LogP contribution in [0.5, 0.6) is 0 Å². The van der Waals surface area contributed by atoms with Crippen molar-refractivity contribution in [3.05, 3.63) is 11.9 Å². The van der Waals surface area contributed by atoms with E-state index < -0.39 is 0 Å². The van der Waals surface area contributed by atoms with Gasteiger partial charge in [-0.15, -0.1) is 0 Å². The number of nitrogens with one attached hydrogen (secondary N) is 2. The van der Waals surface area contributed by atoms with Crippen molar-refractivity contribution >= 4 is 17.5 Å². The summed E-state index contributed by atoms with van der Waals surface area (Å²) in [4.78, 5) is 19.1. The molecule has 0 saturated heterocycles. The molecule has 1 aromatic heterocycles. The lowest BCUT2D eigenvalue weighted by Gasteiger charge is -2.12. The number of hydrogen-bond acceptors (Lipinski definition) is 5. The van der Waals surface area contributed by atoms with Crippen molar-refractivity contribution in [2.24, 2.45) is 5.73 Å². The first-order valence-electron chi connectivity index (χ1n) is 6.72. The Labute approximate surface area is 114 Å². The maximum Gasteiger partial charge on any atom is 0.217 e. The maximum absolute atomic E-state index is 10.6. The molecular formula is C13H23N5O. The van der Waals surface area contributed by atoms with Gasteiger partial charge in [0.1, 0.15) is 18.0 Å². The van der Waals surface area contributed by atoms with Crippen LogP contribution >= 0.6 is 0 Å². The molecule has 6 nitrogen and oxygen atoms in total. The number of aromatic nitrogens is 2. The number of nitrogens with zero attached hydrogens (tertiary/aromatic N) is 2. The van der Waals surface area contributed by atoms with Crippen molar-refractivity contribution in [1.82, 2.24) is 9.97 Å². The smallest absolute Gasteiger partial charge is 0.217 e. The van der Waals surface area contributed by atoms with Gasteiger partial charge in [-0.3, -0.25) is 4.79 Å². The standard InChI is InChI=1S/C13H23N5O/c1-3-7-15-12-10(2)13(18-9-17-12)16-8-5-4-6-11(14)19/h9H,3-8H2,1-2H3,(H2,14,19)(H2,15,16,17,18). The first kappa shape index (κ1) is 15.2. The molecule has 0 unspecified atom stereocenters. The van der Waals surface area contributed by atoms with Crippen LogP contribution in [0.15, 0.2) is 6.33 Å². The molecule has 106 valence electrons. The van der Waals surface area contributed by atoms with Gasteiger partial charge in [-0.2, -0.15) is 0 Å². The highest BCUT2D eigenvalue weighted by molar-refractivity contribution is 5.73. The molecule has 0 radical (unpaired) electrons. The van der Waals surface area contributed by atoms with Gasteiger partial charge < -0.3 is 16.4 Å². The van der Waals surface area contributed by atoms with Crippen molar-refractivity contribution in [2.75, 3.05) is 23.7 Å². The molecule has 0 fully saturated rings. The van der Waals surface area contributed by atoms with E-state index in [1.54, 1.807) is 6.33 Å². The van der Waals surface area contributed by atoms with E-state index in [9.17, 15) is 4.79 Å². The maximum atomic E-state index is 10.6. The van der Waals surface area contributed by atoms with Crippen molar-refractivity contribution in [2.45, 2.75) is 39.5 Å². The van der Waals surface area contributed by atoms with Gasteiger partial charge in [-0.25, -0.2) is 9.97 Å². The number of primary amides is 1. The minimum atomic E-state index is -0.246. The molecule has 0 saturated carbocycles. The first-order chi connectivity index (χ1) is 9.15. The fourth-order valence-electron chi connectivity index (χ4n) is 1.68. The molecule has 1 amide bonds. The Morgan fingerprint density at radius 1 is 1.21 bits per heavy atom. The lowest BCUT2D eigenvalue weighted by molar-refractivity contribution is -0.118. The summed E-state index contributed by atoms with van der Waals surface area (Å²) in [6.45, 7) is 5.78. The number of hydrogen-bond donors (Lipinski definition) is 3. The van der Waals surface area contributed by atoms with Crippen LogP contribution in [0, 0.1) is 6.92 Å². The molecule has 0 bridgehead atoms. The van der Waals surface area contributed by atoms with E-state index in [0.717, 1.165) is 49.6 Å². The molecule has 1 heterocycles. The van der Waals surface area contributed by atoms with Crippen LogP contribution in [-0.2, 0) is 4.79 Å². The fourth-order valence-corrected chi connectivity index (χ4v) is 1.68. The minimum Gasteiger partial charge on any atom is -0.370 e. The molecule has 4 N–H and O–H groups in total. The van der Waals surface area contributed by atoms with E-state index in [0.29, 0.717) is 6.42 Å². The Kier molecular flexibility index (Phi) is 6.63. The summed E-state index contributed by atoms with van der Waals surface area (Å²) in [5.41, 5.74) is 6.11. The normalized spacial score (nSPS) is 10.2. The SMILES string of the molecule is CCCNc1ncnc(NCCCCC(N)=O)c1C. The topological polar surface area (TPSA) is 92.9 Å². The Morgan fingerprint density at radius 2 is 1.84 bits per heavy atom. The third kappa shape index (κ3) is 5.54. The van der Waals surface area contributed by atoms with Crippen LogP contribution in [0.2, 0.25) is 0 Å². The van der Waals surface area contributed by atoms with Gasteiger partial charge in [0.2, 0.25) is 5.91 Å². The largest absolute Gasteiger partial charge is 0.370 e. The Bertz CT molecular complexity index is 408. The lowest BCUT2D eigenvalue weighted by Crippen LogP contribution is -2.12. The number of carbonyl (C=O) groups is 1. The van der Waals surface area contributed by atoms with E-state index in [1.165, 1.54) is 0 Å². The average molecular weight is 265 g/mol. The number of unbranched alkanes of at least 4 members (excludes halogenated alkanes) is 1. The lowest BCUT2D eigenvalue weighted by atomic mass is 10.2. The first-order valence-corrected chi connectivity index (χ1v) is 6.72. The third-order valence-electron chi connectivity index (χ3n) is 2.77. The van der Waals surface area contributed by atoms with Gasteiger partial charge in [0.25, 0.3) is 0 Å². The van der Waals surface area contributed by atoms with E-state index >= 15 is 0 Å². The number of carbonyl (C=O) groups excluding carboxylic acids is 1. The monoisotopic (exact) mass is 265 g/mol. The molecule has 6 heteroatoms. The predicted octanol–water partition coefficient (Wildman–Crippen LogP) is 1.67. The second-order valence-corrected chi connectivity index (χ2v) is 4.47. The highest BCUT2D eigenvalue weighted by Crippen LogP contribution is 2.18. The van der Waals surface area contributed by atoms with Crippen molar-refractivity contribution < 1.29 is 4.79 Å². The van der Waals surface area contributed by atoms with Gasteiger partial charge in [0.15, 0.2) is 0 Å². The highest BCUT2D eigenvalue weighted by atomic mass is 16.1. The van der Waals surface area contributed by atoms with Gasteiger partial charge in [-0.1, -0.05) is 6.92 Å². The Morgan fingerprint density at radius 3 is 2.42 bits per heavy atom. The summed E-state index contributed by atoms with van der Waals surface area (Å²) in [5.74, 6) is 1.47. The molecule has 19 heavy (non-hydrogen) atoms. The van der Waals surface area contributed by atoms with Gasteiger partial charge in [0.05, 0.1) is 0 Å². The van der Waals surface area contributed by atoms with E-state index in [4.69, 9.17) is 5.73 Å². The number of nitrogens with two attached hydrogens (primary N) is 1. The summed E-state index contributed by atoms with van der Waals surface area (Å²) >= 11 is 0. The fraction of sp³-hybridized carbons (Fsp3) is 0.615. The Hall–Kier alpha value is -1.85. The van der Waals surface area contributed by atoms with Crippen molar-refractivity contribution in [1.29, 1.82) is 0 Å². The van der Waals surface area contributed by atoms with Gasteiger partial charge in [-0.05, 0) is 26.2 Å². The van der Waals surface area contributed by atoms with E-state index in [-0.39, 0.29) is 5.91 Å². The minimum absolute atomic E-state index is 0.246. The molecule has 1 aromatic rings. The molecule has 0 aliphatic rings. The zero-order valence-corrected chi connectivity index (χ0v) is 11.7. The van der Waals surface area contributed by atoms with Crippen LogP contribution in [0.3, 0.4) is 0 Å². The molecule has 0 atom stereocenters. The van der Waals surface area contributed by atoms with E-state index in [1.807, 2.05) is 6.92 Å². The zero-order chi connectivity index (χ0) is 14.1. The summed E-state index contributed by atoms with van der Waals surface area (Å²) in [6.07, 6.45) is 4.74. The Balaban J connectivity index is 2.42. The quantitative estimate of drug-likeness (QED) is 0.591. The van der Waals surface area contributed by atoms with Crippen LogP contribution in [0.1, 0.15) is 38.2 Å². The summed E-state index contributed by atoms with van der Waals surface area (Å²) < 4.78 is 0. The predicted molar refractivity (Wildman–Crippen MR) is 77.1 cm³/mol. The molecule has 0 spiro atoms. The summed E-state index contributed by atoms with van der Waals surface area (Å²) in [5, 5.41) is 6.53. The van der Waals surface area contributed by atoms with Crippen LogP contribution in [-0.4, -0.2) is 29.0 Å². The molecule has 0 aliphatic carbocycles. The van der Waals surface area contributed by atoms with Crippen LogP contribution < -0.4 is 16.4 Å². The number of amides is 1. The van der Waals surface area contributed by atoms with Crippen LogP contribution in [0.25, 0.3) is 0 Å². The molecule has 0 aromatic carbocycles. The van der Waals surface area contributed by atoms with Gasteiger partial charge >= 0.3 is 0 Å². The summed E-state index contributed by atoms with van der Waals surface area (Å²) in [6, 6.07) is 0. The van der Waals surface area contributed by atoms with Crippen LogP contribution in [0.4, 0.5) is 11.6 Å². The second kappa shape index (κ2) is 8.29. The van der Waals surface area contributed by atoms with Gasteiger partial charge in [0, 0.05) is 25.1 Å². The highest BCUT2D eigenvalue weighted by Gasteiger charge is 2.05. The molecule has 0 aliphatic heterocycles. The number of anilines is 2. The second-order valence-electron chi connectivity index (χ2n) is 4.47.